The van der Waals surface area contributed by atoms with Gasteiger partial charge >= 0.3 is 0 Å². The van der Waals surface area contributed by atoms with Crippen LogP contribution in [0.3, 0.4) is 0 Å². The average Bonchev–Trinajstić information content (AvgIpc) is 2.52. The number of thioether (sulfide) groups is 1. The molecule has 1 amide bonds. The molecule has 0 radical (unpaired) electrons. The summed E-state index contributed by atoms with van der Waals surface area (Å²) >= 11 is 1.20. The molecule has 0 fully saturated rings. The third-order valence-corrected chi connectivity index (χ3v) is 4.27. The Balaban J connectivity index is 2.02. The highest BCUT2D eigenvalue weighted by molar-refractivity contribution is 8.00. The Morgan fingerprint density at radius 1 is 1.32 bits per heavy atom. The Bertz CT molecular complexity index is 789. The number of H-pyrrole nitrogens is 1. The van der Waals surface area contributed by atoms with Crippen LogP contribution in [0.4, 0.5) is 5.69 Å². The van der Waals surface area contributed by atoms with Gasteiger partial charge in [-0.1, -0.05) is 23.9 Å². The SMILES string of the molecule is Cc1cccc(NC(=O)C(C)Sc2nc(COC(C)C)cc(=O)[nH]2)c1. The number of rotatable bonds is 7. The van der Waals surface area contributed by atoms with Gasteiger partial charge in [-0.2, -0.15) is 0 Å². The molecule has 7 heteroatoms. The van der Waals surface area contributed by atoms with Crippen LogP contribution in [0.2, 0.25) is 0 Å². The van der Waals surface area contributed by atoms with Gasteiger partial charge in [0, 0.05) is 11.8 Å². The molecule has 1 atom stereocenters. The number of amides is 1. The number of hydrogen-bond donors (Lipinski definition) is 2. The molecular formula is C18H23N3O3S. The molecule has 0 bridgehead atoms. The summed E-state index contributed by atoms with van der Waals surface area (Å²) in [5.74, 6) is -0.151. The summed E-state index contributed by atoms with van der Waals surface area (Å²) in [5, 5.41) is 2.86. The zero-order valence-corrected chi connectivity index (χ0v) is 15.6. The maximum atomic E-state index is 12.3. The molecular weight excluding hydrogens is 338 g/mol. The minimum Gasteiger partial charge on any atom is -0.373 e. The van der Waals surface area contributed by atoms with Gasteiger partial charge in [-0.15, -0.1) is 0 Å². The largest absolute Gasteiger partial charge is 0.373 e. The predicted molar refractivity (Wildman–Crippen MR) is 99.9 cm³/mol. The Morgan fingerprint density at radius 2 is 2.08 bits per heavy atom. The number of hydrogen-bond acceptors (Lipinski definition) is 5. The van der Waals surface area contributed by atoms with E-state index >= 15 is 0 Å². The first kappa shape index (κ1) is 19.2. The highest BCUT2D eigenvalue weighted by Crippen LogP contribution is 2.20. The van der Waals surface area contributed by atoms with E-state index in [0.717, 1.165) is 11.3 Å². The number of anilines is 1. The number of ether oxygens (including phenoxy) is 1. The van der Waals surface area contributed by atoms with Crippen molar-refractivity contribution < 1.29 is 9.53 Å². The zero-order chi connectivity index (χ0) is 18.4. The molecule has 1 heterocycles. The fraction of sp³-hybridized carbons (Fsp3) is 0.389. The summed E-state index contributed by atoms with van der Waals surface area (Å²) in [5.41, 5.74) is 2.11. The van der Waals surface area contributed by atoms with Crippen molar-refractivity contribution in [1.82, 2.24) is 9.97 Å². The van der Waals surface area contributed by atoms with Gasteiger partial charge in [0.2, 0.25) is 5.91 Å². The van der Waals surface area contributed by atoms with E-state index < -0.39 is 5.25 Å². The van der Waals surface area contributed by atoms with Crippen molar-refractivity contribution in [2.75, 3.05) is 5.32 Å². The summed E-state index contributed by atoms with van der Waals surface area (Å²) in [6.07, 6.45) is 0.0521. The van der Waals surface area contributed by atoms with Gasteiger partial charge in [-0.05, 0) is 45.4 Å². The number of carbonyl (C=O) groups is 1. The van der Waals surface area contributed by atoms with Crippen LogP contribution in [-0.2, 0) is 16.1 Å². The molecule has 6 nitrogen and oxygen atoms in total. The van der Waals surface area contributed by atoms with Gasteiger partial charge in [-0.25, -0.2) is 4.98 Å². The molecule has 2 rings (SSSR count). The van der Waals surface area contributed by atoms with Crippen LogP contribution in [0.25, 0.3) is 0 Å². The second kappa shape index (κ2) is 8.82. The van der Waals surface area contributed by atoms with Crippen LogP contribution in [0.1, 0.15) is 32.0 Å². The van der Waals surface area contributed by atoms with Crippen LogP contribution in [-0.4, -0.2) is 27.2 Å². The van der Waals surface area contributed by atoms with Crippen molar-refractivity contribution in [2.24, 2.45) is 0 Å². The van der Waals surface area contributed by atoms with E-state index in [4.69, 9.17) is 4.74 Å². The van der Waals surface area contributed by atoms with E-state index in [-0.39, 0.29) is 24.2 Å². The van der Waals surface area contributed by atoms with Crippen LogP contribution < -0.4 is 10.9 Å². The summed E-state index contributed by atoms with van der Waals surface area (Å²) in [6.45, 7) is 7.83. The number of benzene rings is 1. The molecule has 0 aliphatic rings. The van der Waals surface area contributed by atoms with Crippen LogP contribution in [0.15, 0.2) is 40.3 Å². The quantitative estimate of drug-likeness (QED) is 0.585. The second-order valence-corrected chi connectivity index (χ2v) is 7.35. The topological polar surface area (TPSA) is 84.1 Å². The Kier molecular flexibility index (Phi) is 6.78. The van der Waals surface area contributed by atoms with E-state index in [9.17, 15) is 9.59 Å². The van der Waals surface area contributed by atoms with E-state index in [1.165, 1.54) is 17.8 Å². The number of nitrogens with zero attached hydrogens (tertiary/aromatic N) is 1. The first-order valence-electron chi connectivity index (χ1n) is 8.09. The second-order valence-electron chi connectivity index (χ2n) is 6.02. The van der Waals surface area contributed by atoms with Gasteiger partial charge in [0.05, 0.1) is 23.7 Å². The lowest BCUT2D eigenvalue weighted by atomic mass is 10.2. The Hall–Kier alpha value is -2.12. The van der Waals surface area contributed by atoms with Crippen molar-refractivity contribution in [3.63, 3.8) is 0 Å². The average molecular weight is 361 g/mol. The Morgan fingerprint density at radius 3 is 2.76 bits per heavy atom. The van der Waals surface area contributed by atoms with Crippen LogP contribution >= 0.6 is 11.8 Å². The standard InChI is InChI=1S/C18H23N3O3S/c1-11(2)24-10-15-9-16(22)21-18(20-15)25-13(4)17(23)19-14-7-5-6-12(3)8-14/h5-9,11,13H,10H2,1-4H3,(H,19,23)(H,20,21,22). The monoisotopic (exact) mass is 361 g/mol. The molecule has 1 unspecified atom stereocenters. The van der Waals surface area contributed by atoms with E-state index in [1.807, 2.05) is 45.0 Å². The first-order chi connectivity index (χ1) is 11.8. The van der Waals surface area contributed by atoms with Gasteiger partial charge in [-0.3, -0.25) is 9.59 Å². The van der Waals surface area contributed by atoms with Gasteiger partial charge < -0.3 is 15.0 Å². The summed E-state index contributed by atoms with van der Waals surface area (Å²) < 4.78 is 5.48. The molecule has 0 saturated carbocycles. The van der Waals surface area contributed by atoms with Crippen molar-refractivity contribution in [3.05, 3.63) is 51.9 Å². The lowest BCUT2D eigenvalue weighted by Crippen LogP contribution is -2.23. The molecule has 25 heavy (non-hydrogen) atoms. The molecule has 2 aromatic rings. The maximum Gasteiger partial charge on any atom is 0.251 e. The molecule has 1 aromatic heterocycles. The smallest absolute Gasteiger partial charge is 0.251 e. The predicted octanol–water partition coefficient (Wildman–Crippen LogP) is 3.12. The maximum absolute atomic E-state index is 12.3. The zero-order valence-electron chi connectivity index (χ0n) is 14.8. The minimum absolute atomic E-state index is 0.0521. The number of aromatic nitrogens is 2. The lowest BCUT2D eigenvalue weighted by Gasteiger charge is -2.12. The first-order valence-corrected chi connectivity index (χ1v) is 8.97. The highest BCUT2D eigenvalue weighted by atomic mass is 32.2. The molecule has 0 spiro atoms. The minimum atomic E-state index is -0.412. The number of carbonyl (C=O) groups excluding carboxylic acids is 1. The number of aromatic amines is 1. The molecule has 0 saturated heterocycles. The number of aryl methyl sites for hydroxylation is 1. The van der Waals surface area contributed by atoms with Crippen LogP contribution in [0, 0.1) is 6.92 Å². The Labute approximate surface area is 151 Å². The third kappa shape index (κ3) is 6.36. The molecule has 134 valence electrons. The number of nitrogens with one attached hydrogen (secondary N) is 2. The molecule has 0 aliphatic carbocycles. The highest BCUT2D eigenvalue weighted by Gasteiger charge is 2.16. The fourth-order valence-corrected chi connectivity index (χ4v) is 2.88. The molecule has 0 aliphatic heterocycles. The third-order valence-electron chi connectivity index (χ3n) is 3.28. The molecule has 2 N–H and O–H groups in total. The summed E-state index contributed by atoms with van der Waals surface area (Å²) in [6, 6.07) is 9.00. The van der Waals surface area contributed by atoms with Gasteiger partial charge in [0.1, 0.15) is 0 Å². The van der Waals surface area contributed by atoms with Crippen molar-refractivity contribution >= 4 is 23.4 Å². The van der Waals surface area contributed by atoms with E-state index in [1.54, 1.807) is 6.92 Å². The van der Waals surface area contributed by atoms with E-state index in [0.29, 0.717) is 10.9 Å². The van der Waals surface area contributed by atoms with Crippen molar-refractivity contribution in [1.29, 1.82) is 0 Å². The molecule has 1 aromatic carbocycles. The van der Waals surface area contributed by atoms with Crippen molar-refractivity contribution in [2.45, 2.75) is 50.8 Å². The summed E-state index contributed by atoms with van der Waals surface area (Å²) in [4.78, 5) is 31.1. The fourth-order valence-electron chi connectivity index (χ4n) is 2.05. The van der Waals surface area contributed by atoms with Crippen molar-refractivity contribution in [3.8, 4) is 0 Å². The van der Waals surface area contributed by atoms with E-state index in [2.05, 4.69) is 15.3 Å². The van der Waals surface area contributed by atoms with Crippen LogP contribution in [0.5, 0.6) is 0 Å². The normalized spacial score (nSPS) is 12.2. The summed E-state index contributed by atoms with van der Waals surface area (Å²) in [7, 11) is 0. The van der Waals surface area contributed by atoms with Gasteiger partial charge in [0.15, 0.2) is 5.16 Å². The van der Waals surface area contributed by atoms with Gasteiger partial charge in [0.25, 0.3) is 5.56 Å². The lowest BCUT2D eigenvalue weighted by molar-refractivity contribution is -0.115.